The Kier molecular flexibility index (Phi) is 81.6. The molecule has 74 heavy (non-hydrogen) atoms. The Labute approximate surface area is 468 Å². The number of carboxylic acid groups (broad SMARTS) is 2. The van der Waals surface area contributed by atoms with Crippen molar-refractivity contribution in [3.63, 3.8) is 0 Å². The van der Waals surface area contributed by atoms with Crippen LogP contribution in [0.25, 0.3) is 0 Å². The van der Waals surface area contributed by atoms with Gasteiger partial charge in [0.05, 0.1) is 39.3 Å². The molecule has 0 aromatic heterocycles. The molecule has 0 saturated carbocycles. The maximum absolute atomic E-state index is 10.0. The number of hydrogen-bond acceptors (Lipinski definition) is 4. The molecular weight excluding hydrogens is 909 g/mol. The van der Waals surface area contributed by atoms with Crippen molar-refractivity contribution in [2.45, 2.75) is 389 Å². The number of aliphatic carboxylic acids is 2. The molecular formula is C68H142N2O4. The molecule has 0 unspecified atom stereocenters. The van der Waals surface area contributed by atoms with Crippen molar-refractivity contribution in [1.29, 1.82) is 0 Å². The highest BCUT2D eigenvalue weighted by Gasteiger charge is 2.10. The molecule has 0 saturated heterocycles. The molecule has 6 nitrogen and oxygen atoms in total. The summed E-state index contributed by atoms with van der Waals surface area (Å²) in [4.78, 5) is 23.9. The summed E-state index contributed by atoms with van der Waals surface area (Å²) in [6.45, 7) is 26.9. The van der Waals surface area contributed by atoms with E-state index in [2.05, 4.69) is 55.4 Å². The minimum absolute atomic E-state index is 0.230. The molecule has 0 atom stereocenters. The number of carbonyl (C=O) groups is 2. The molecule has 0 aromatic carbocycles. The van der Waals surface area contributed by atoms with Crippen LogP contribution in [-0.4, -0.2) is 51.2 Å². The fourth-order valence-corrected chi connectivity index (χ4v) is 10.1. The Balaban J connectivity index is -0.000000467. The van der Waals surface area contributed by atoms with Crippen LogP contribution in [-0.2, 0) is 9.59 Å². The molecule has 0 amide bonds. The zero-order chi connectivity index (χ0) is 55.3. The second-order valence-corrected chi connectivity index (χ2v) is 23.1. The molecule has 0 bridgehead atoms. The summed E-state index contributed by atoms with van der Waals surface area (Å²) in [5, 5.41) is 20.0. The van der Waals surface area contributed by atoms with Gasteiger partial charge in [0, 0.05) is 11.9 Å². The van der Waals surface area contributed by atoms with Gasteiger partial charge in [-0.2, -0.15) is 0 Å². The van der Waals surface area contributed by atoms with Gasteiger partial charge < -0.3 is 29.6 Å². The van der Waals surface area contributed by atoms with E-state index in [1.807, 2.05) is 9.80 Å². The SMILES string of the molecule is CCCCCCCCCC(=O)[O-].CCCCCCCCCC(=O)[O-].CCCCCCCC[NH+](CCCCCCCC)CCCCCCCC.CCCCCCCC[NH+](CCCCCCCC)CCCCCCCC. The van der Waals surface area contributed by atoms with E-state index in [1.165, 1.54) is 335 Å². The van der Waals surface area contributed by atoms with Crippen molar-refractivity contribution in [2.24, 2.45) is 0 Å². The number of hydrogen-bond donors (Lipinski definition) is 2. The molecule has 0 fully saturated rings. The molecule has 0 aromatic rings. The molecule has 0 heterocycles. The summed E-state index contributed by atoms with van der Waals surface area (Å²) in [6, 6.07) is 0. The predicted octanol–water partition coefficient (Wildman–Crippen LogP) is 17.7. The maximum Gasteiger partial charge on any atom is 0.0770 e. The second kappa shape index (κ2) is 76.1. The normalized spacial score (nSPS) is 11.1. The van der Waals surface area contributed by atoms with Gasteiger partial charge in [0.15, 0.2) is 0 Å². The zero-order valence-electron chi connectivity index (χ0n) is 52.6. The van der Waals surface area contributed by atoms with Crippen molar-refractivity contribution in [3.05, 3.63) is 0 Å². The van der Waals surface area contributed by atoms with Crippen molar-refractivity contribution in [3.8, 4) is 0 Å². The van der Waals surface area contributed by atoms with Crippen molar-refractivity contribution in [1.82, 2.24) is 0 Å². The molecule has 448 valence electrons. The van der Waals surface area contributed by atoms with Gasteiger partial charge in [-0.1, -0.05) is 287 Å². The Morgan fingerprint density at radius 3 is 0.459 bits per heavy atom. The van der Waals surface area contributed by atoms with E-state index in [-0.39, 0.29) is 12.8 Å². The van der Waals surface area contributed by atoms with E-state index in [1.54, 1.807) is 0 Å². The average Bonchev–Trinajstić information content (AvgIpc) is 3.39. The van der Waals surface area contributed by atoms with Crippen LogP contribution < -0.4 is 20.0 Å². The summed E-state index contributed by atoms with van der Waals surface area (Å²) >= 11 is 0. The van der Waals surface area contributed by atoms with E-state index in [0.717, 1.165) is 25.7 Å². The first-order valence-electron chi connectivity index (χ1n) is 34.3. The average molecular weight is 1050 g/mol. The lowest BCUT2D eigenvalue weighted by atomic mass is 10.1. The summed E-state index contributed by atoms with van der Waals surface area (Å²) in [7, 11) is 0. The number of carbonyl (C=O) groups excluding carboxylic acids is 2. The van der Waals surface area contributed by atoms with Gasteiger partial charge in [0.1, 0.15) is 0 Å². The molecule has 6 heteroatoms. The highest BCUT2D eigenvalue weighted by Crippen LogP contribution is 2.11. The Morgan fingerprint density at radius 2 is 0.324 bits per heavy atom. The third kappa shape index (κ3) is 82.2. The van der Waals surface area contributed by atoms with Crippen LogP contribution in [0.5, 0.6) is 0 Å². The number of unbranched alkanes of at least 4 members (excludes halogenated alkanes) is 42. The highest BCUT2D eigenvalue weighted by atomic mass is 16.4. The number of carboxylic acids is 2. The van der Waals surface area contributed by atoms with E-state index < -0.39 is 11.9 Å². The largest absolute Gasteiger partial charge is 0.550 e. The highest BCUT2D eigenvalue weighted by molar-refractivity contribution is 5.64. The predicted molar refractivity (Wildman–Crippen MR) is 327 cm³/mol. The third-order valence-corrected chi connectivity index (χ3v) is 15.3. The summed E-state index contributed by atoms with van der Waals surface area (Å²) in [5.41, 5.74) is 0. The standard InChI is InChI=1S/2C24H51N.2C10H20O2/c2*1-4-7-10-13-16-19-22-25(23-20-17-14-11-8-5-2)24-21-18-15-12-9-6-3;2*1-2-3-4-5-6-7-8-9-10(11)12/h2*4-24H2,1-3H3;2*2-9H2,1H3,(H,11,12). The fraction of sp³-hybridized carbons (Fsp3) is 0.971. The van der Waals surface area contributed by atoms with E-state index in [4.69, 9.17) is 0 Å². The fourth-order valence-electron chi connectivity index (χ4n) is 10.1. The minimum atomic E-state index is -0.913. The van der Waals surface area contributed by atoms with Gasteiger partial charge in [0.25, 0.3) is 0 Å². The van der Waals surface area contributed by atoms with E-state index >= 15 is 0 Å². The Bertz CT molecular complexity index is 825. The lowest BCUT2D eigenvalue weighted by Gasteiger charge is -2.20. The molecule has 0 aliphatic carbocycles. The van der Waals surface area contributed by atoms with E-state index in [9.17, 15) is 19.8 Å². The van der Waals surface area contributed by atoms with Crippen LogP contribution in [0, 0.1) is 0 Å². The minimum Gasteiger partial charge on any atom is -0.550 e. The van der Waals surface area contributed by atoms with Crippen molar-refractivity contribution >= 4 is 11.9 Å². The second-order valence-electron chi connectivity index (χ2n) is 23.1. The molecule has 0 rings (SSSR count). The van der Waals surface area contributed by atoms with Gasteiger partial charge in [-0.15, -0.1) is 0 Å². The zero-order valence-corrected chi connectivity index (χ0v) is 52.6. The third-order valence-electron chi connectivity index (χ3n) is 15.3. The quantitative estimate of drug-likeness (QED) is 0.0594. The first-order chi connectivity index (χ1) is 36.2. The molecule has 0 aliphatic heterocycles. The van der Waals surface area contributed by atoms with Gasteiger partial charge in [0.2, 0.25) is 0 Å². The summed E-state index contributed by atoms with van der Waals surface area (Å²) in [6.07, 6.45) is 68.7. The smallest absolute Gasteiger partial charge is 0.0770 e. The first-order valence-corrected chi connectivity index (χ1v) is 34.3. The molecule has 0 radical (unpaired) electrons. The summed E-state index contributed by atoms with van der Waals surface area (Å²) in [5.74, 6) is -1.83. The van der Waals surface area contributed by atoms with Crippen molar-refractivity contribution in [2.75, 3.05) is 39.3 Å². The van der Waals surface area contributed by atoms with Crippen LogP contribution >= 0.6 is 0 Å². The number of rotatable bonds is 58. The lowest BCUT2D eigenvalue weighted by molar-refractivity contribution is -0.901. The van der Waals surface area contributed by atoms with Crippen LogP contribution in [0.2, 0.25) is 0 Å². The maximum atomic E-state index is 10.0. The van der Waals surface area contributed by atoms with Gasteiger partial charge in [-0.25, -0.2) is 0 Å². The van der Waals surface area contributed by atoms with Crippen LogP contribution in [0.3, 0.4) is 0 Å². The van der Waals surface area contributed by atoms with Crippen LogP contribution in [0.4, 0.5) is 0 Å². The van der Waals surface area contributed by atoms with Gasteiger partial charge in [-0.05, 0) is 103 Å². The van der Waals surface area contributed by atoms with Crippen LogP contribution in [0.1, 0.15) is 389 Å². The number of nitrogens with one attached hydrogen (secondary N) is 2. The Morgan fingerprint density at radius 1 is 0.203 bits per heavy atom. The number of quaternary nitrogens is 2. The van der Waals surface area contributed by atoms with Gasteiger partial charge in [-0.3, -0.25) is 0 Å². The van der Waals surface area contributed by atoms with Crippen LogP contribution in [0.15, 0.2) is 0 Å². The lowest BCUT2D eigenvalue weighted by Crippen LogP contribution is -3.12. The van der Waals surface area contributed by atoms with Gasteiger partial charge >= 0.3 is 0 Å². The molecule has 2 N–H and O–H groups in total. The van der Waals surface area contributed by atoms with E-state index in [0.29, 0.717) is 0 Å². The monoisotopic (exact) mass is 1050 g/mol. The molecule has 0 spiro atoms. The van der Waals surface area contributed by atoms with Crippen molar-refractivity contribution < 1.29 is 29.6 Å². The topological polar surface area (TPSA) is 89.1 Å². The first kappa shape index (κ1) is 79.3. The Hall–Kier alpha value is -1.14. The summed E-state index contributed by atoms with van der Waals surface area (Å²) < 4.78 is 0. The molecule has 0 aliphatic rings.